The van der Waals surface area contributed by atoms with Gasteiger partial charge >= 0.3 is 12.0 Å². The maximum absolute atomic E-state index is 11.4. The Labute approximate surface area is 123 Å². The predicted molar refractivity (Wildman–Crippen MR) is 77.9 cm³/mol. The lowest BCUT2D eigenvalue weighted by molar-refractivity contribution is -0.138. The molecule has 114 valence electrons. The molecule has 0 aliphatic rings. The molecule has 0 saturated carbocycles. The lowest BCUT2D eigenvalue weighted by Crippen LogP contribution is -2.40. The zero-order valence-corrected chi connectivity index (χ0v) is 12.0. The Hall–Kier alpha value is -2.37. The van der Waals surface area contributed by atoms with Gasteiger partial charge in [-0.2, -0.15) is 0 Å². The Kier molecular flexibility index (Phi) is 6.94. The minimum Gasteiger partial charge on any atom is -0.481 e. The third-order valence-corrected chi connectivity index (χ3v) is 3.05. The molecule has 1 atom stereocenters. The normalized spacial score (nSPS) is 11.5. The summed E-state index contributed by atoms with van der Waals surface area (Å²) in [6.45, 7) is 2.50. The van der Waals surface area contributed by atoms with Gasteiger partial charge in [-0.3, -0.25) is 14.9 Å². The van der Waals surface area contributed by atoms with Crippen molar-refractivity contribution in [3.63, 3.8) is 0 Å². The van der Waals surface area contributed by atoms with Crippen molar-refractivity contribution in [1.29, 1.82) is 0 Å². The summed E-state index contributed by atoms with van der Waals surface area (Å²) in [5.41, 5.74) is 1.19. The molecular weight excluding hydrogens is 272 g/mol. The molecule has 0 bridgehead atoms. The van der Waals surface area contributed by atoms with Crippen molar-refractivity contribution in [1.82, 2.24) is 10.6 Å². The molecule has 0 spiro atoms. The van der Waals surface area contributed by atoms with E-state index in [-0.39, 0.29) is 12.8 Å². The largest absolute Gasteiger partial charge is 0.481 e. The van der Waals surface area contributed by atoms with Gasteiger partial charge in [0.15, 0.2) is 0 Å². The van der Waals surface area contributed by atoms with Gasteiger partial charge in [-0.1, -0.05) is 37.3 Å². The molecule has 0 aliphatic carbocycles. The monoisotopic (exact) mass is 292 g/mol. The number of nitrogens with one attached hydrogen (secondary N) is 2. The summed E-state index contributed by atoms with van der Waals surface area (Å²) in [5, 5.41) is 13.1. The Morgan fingerprint density at radius 2 is 1.81 bits per heavy atom. The van der Waals surface area contributed by atoms with Gasteiger partial charge in [0.2, 0.25) is 5.91 Å². The second-order valence-corrected chi connectivity index (χ2v) is 4.80. The fraction of sp³-hybridized carbons (Fsp3) is 0.400. The average Bonchev–Trinajstić information content (AvgIpc) is 2.46. The van der Waals surface area contributed by atoms with Gasteiger partial charge in [-0.05, 0) is 17.9 Å². The number of carbonyl (C=O) groups excluding carboxylic acids is 2. The molecule has 3 N–H and O–H groups in total. The first kappa shape index (κ1) is 16.7. The Morgan fingerprint density at radius 3 is 2.43 bits per heavy atom. The van der Waals surface area contributed by atoms with Crippen LogP contribution in [0.4, 0.5) is 4.79 Å². The van der Waals surface area contributed by atoms with Crippen molar-refractivity contribution in [3.05, 3.63) is 35.9 Å². The molecule has 1 rings (SSSR count). The molecule has 1 aromatic rings. The van der Waals surface area contributed by atoms with Gasteiger partial charge in [0.1, 0.15) is 0 Å². The summed E-state index contributed by atoms with van der Waals surface area (Å²) in [5.74, 6) is -1.36. The first-order valence-electron chi connectivity index (χ1n) is 6.83. The maximum atomic E-state index is 11.4. The highest BCUT2D eigenvalue weighted by molar-refractivity contribution is 5.95. The summed E-state index contributed by atoms with van der Waals surface area (Å²) >= 11 is 0. The molecule has 6 nitrogen and oxygen atoms in total. The predicted octanol–water partition coefficient (Wildman–Crippen LogP) is 1.87. The van der Waals surface area contributed by atoms with Crippen LogP contribution in [0.3, 0.4) is 0 Å². The zero-order chi connectivity index (χ0) is 15.7. The fourth-order valence-electron chi connectivity index (χ4n) is 1.80. The van der Waals surface area contributed by atoms with E-state index in [0.29, 0.717) is 12.5 Å². The number of hydrogen-bond acceptors (Lipinski definition) is 3. The third kappa shape index (κ3) is 7.10. The van der Waals surface area contributed by atoms with E-state index in [0.717, 1.165) is 6.42 Å². The standard InChI is InChI=1S/C15H20N2O4/c1-11(12-5-3-2-4-6-12)9-10-16-15(21)17-13(18)7-8-14(19)20/h2-6,11H,7-10H2,1H3,(H,19,20)(H2,16,17,18,21). The number of carboxylic acids is 1. The van der Waals surface area contributed by atoms with Crippen LogP contribution >= 0.6 is 0 Å². The van der Waals surface area contributed by atoms with E-state index < -0.39 is 17.9 Å². The molecule has 0 aliphatic heterocycles. The van der Waals surface area contributed by atoms with Gasteiger partial charge in [0.25, 0.3) is 0 Å². The van der Waals surface area contributed by atoms with Gasteiger partial charge in [0, 0.05) is 13.0 Å². The van der Waals surface area contributed by atoms with Gasteiger partial charge in [-0.25, -0.2) is 4.79 Å². The number of imide groups is 1. The van der Waals surface area contributed by atoms with E-state index >= 15 is 0 Å². The number of carbonyl (C=O) groups is 3. The first-order chi connectivity index (χ1) is 9.99. The molecular formula is C15H20N2O4. The number of aliphatic carboxylic acids is 1. The Balaban J connectivity index is 2.21. The van der Waals surface area contributed by atoms with Crippen molar-refractivity contribution >= 4 is 17.9 Å². The van der Waals surface area contributed by atoms with E-state index in [4.69, 9.17) is 5.11 Å². The van der Waals surface area contributed by atoms with Crippen LogP contribution < -0.4 is 10.6 Å². The summed E-state index contributed by atoms with van der Waals surface area (Å²) in [6.07, 6.45) is 0.258. The number of carboxylic acid groups (broad SMARTS) is 1. The van der Waals surface area contributed by atoms with Crippen LogP contribution in [-0.2, 0) is 9.59 Å². The van der Waals surface area contributed by atoms with Crippen molar-refractivity contribution in [2.75, 3.05) is 6.54 Å². The molecule has 0 fully saturated rings. The Bertz CT molecular complexity index is 488. The highest BCUT2D eigenvalue weighted by Crippen LogP contribution is 2.17. The fourth-order valence-corrected chi connectivity index (χ4v) is 1.80. The van der Waals surface area contributed by atoms with Gasteiger partial charge in [-0.15, -0.1) is 0 Å². The number of hydrogen-bond donors (Lipinski definition) is 3. The van der Waals surface area contributed by atoms with Crippen LogP contribution in [0, 0.1) is 0 Å². The van der Waals surface area contributed by atoms with Crippen LogP contribution in [0.5, 0.6) is 0 Å². The molecule has 1 unspecified atom stereocenters. The van der Waals surface area contributed by atoms with Gasteiger partial charge < -0.3 is 10.4 Å². The van der Waals surface area contributed by atoms with Crippen LogP contribution in [0.2, 0.25) is 0 Å². The highest BCUT2D eigenvalue weighted by Gasteiger charge is 2.10. The molecule has 3 amide bonds. The van der Waals surface area contributed by atoms with Crippen molar-refractivity contribution in [2.45, 2.75) is 32.1 Å². The summed E-state index contributed by atoms with van der Waals surface area (Å²) < 4.78 is 0. The average molecular weight is 292 g/mol. The van der Waals surface area contributed by atoms with Crippen LogP contribution in [0.25, 0.3) is 0 Å². The second kappa shape index (κ2) is 8.73. The van der Waals surface area contributed by atoms with Crippen molar-refractivity contribution in [2.24, 2.45) is 0 Å². The number of urea groups is 1. The molecule has 21 heavy (non-hydrogen) atoms. The third-order valence-electron chi connectivity index (χ3n) is 3.05. The smallest absolute Gasteiger partial charge is 0.321 e. The summed E-state index contributed by atoms with van der Waals surface area (Å²) in [4.78, 5) is 33.0. The van der Waals surface area contributed by atoms with E-state index in [2.05, 4.69) is 17.6 Å². The van der Waals surface area contributed by atoms with Gasteiger partial charge in [0.05, 0.1) is 6.42 Å². The maximum Gasteiger partial charge on any atom is 0.321 e. The lowest BCUT2D eigenvalue weighted by Gasteiger charge is -2.12. The van der Waals surface area contributed by atoms with Crippen LogP contribution in [0.15, 0.2) is 30.3 Å². The molecule has 0 radical (unpaired) electrons. The van der Waals surface area contributed by atoms with E-state index in [1.54, 1.807) is 0 Å². The SMILES string of the molecule is CC(CCNC(=O)NC(=O)CCC(=O)O)c1ccccc1. The van der Waals surface area contributed by atoms with Crippen molar-refractivity contribution in [3.8, 4) is 0 Å². The van der Waals surface area contributed by atoms with E-state index in [1.165, 1.54) is 5.56 Å². The topological polar surface area (TPSA) is 95.5 Å². The molecule has 0 heterocycles. The minimum absolute atomic E-state index is 0.205. The van der Waals surface area contributed by atoms with Crippen LogP contribution in [0.1, 0.15) is 37.7 Å². The number of benzene rings is 1. The first-order valence-corrected chi connectivity index (χ1v) is 6.83. The van der Waals surface area contributed by atoms with Crippen molar-refractivity contribution < 1.29 is 19.5 Å². The summed E-state index contributed by atoms with van der Waals surface area (Å²) in [7, 11) is 0. The molecule has 1 aromatic carbocycles. The Morgan fingerprint density at radius 1 is 1.14 bits per heavy atom. The zero-order valence-electron chi connectivity index (χ0n) is 12.0. The summed E-state index contributed by atoms with van der Waals surface area (Å²) in [6, 6.07) is 9.34. The molecule has 6 heteroatoms. The van der Waals surface area contributed by atoms with E-state index in [1.807, 2.05) is 30.3 Å². The number of amides is 3. The molecule has 0 saturated heterocycles. The molecule has 0 aromatic heterocycles. The van der Waals surface area contributed by atoms with Crippen LogP contribution in [-0.4, -0.2) is 29.6 Å². The lowest BCUT2D eigenvalue weighted by atomic mass is 9.98. The number of rotatable bonds is 7. The highest BCUT2D eigenvalue weighted by atomic mass is 16.4. The second-order valence-electron chi connectivity index (χ2n) is 4.80. The minimum atomic E-state index is -1.07. The quantitative estimate of drug-likeness (QED) is 0.715. The van der Waals surface area contributed by atoms with E-state index in [9.17, 15) is 14.4 Å².